The molecule has 1 saturated heterocycles. The number of rotatable bonds is 5. The number of piperidine rings is 1. The molecule has 0 saturated carbocycles. The smallest absolute Gasteiger partial charge is 0.229 e. The maximum atomic E-state index is 4.75. The van der Waals surface area contributed by atoms with Gasteiger partial charge in [0.1, 0.15) is 5.82 Å². The Balaban J connectivity index is 1.86. The van der Waals surface area contributed by atoms with Crippen molar-refractivity contribution >= 4 is 17.5 Å². The van der Waals surface area contributed by atoms with Crippen LogP contribution in [-0.2, 0) is 12.8 Å². The minimum atomic E-state index is 0.698. The number of nitrogens with one attached hydrogen (secondary N) is 1. The van der Waals surface area contributed by atoms with Gasteiger partial charge in [-0.1, -0.05) is 32.0 Å². The standard InChI is InChI=1S/C19H26N4/c1-3-15-9-8-10-16(4-2)18(15)22-19-20-12-11-17(21-19)23-13-6-5-7-14-23/h8-12H,3-7,13-14H2,1-2H3,(H,20,21,22). The van der Waals surface area contributed by atoms with Crippen molar-refractivity contribution in [3.05, 3.63) is 41.6 Å². The van der Waals surface area contributed by atoms with Crippen molar-refractivity contribution in [2.75, 3.05) is 23.3 Å². The zero-order valence-electron chi connectivity index (χ0n) is 14.2. The molecule has 1 aliphatic rings. The summed E-state index contributed by atoms with van der Waals surface area (Å²) in [5.41, 5.74) is 3.81. The first-order chi connectivity index (χ1) is 11.3. The number of para-hydroxylation sites is 1. The molecule has 1 aliphatic heterocycles. The Morgan fingerprint density at radius 3 is 2.35 bits per heavy atom. The van der Waals surface area contributed by atoms with Gasteiger partial charge in [0.05, 0.1) is 0 Å². The van der Waals surface area contributed by atoms with Gasteiger partial charge in [-0.2, -0.15) is 4.98 Å². The van der Waals surface area contributed by atoms with E-state index in [9.17, 15) is 0 Å². The van der Waals surface area contributed by atoms with Gasteiger partial charge in [-0.05, 0) is 49.3 Å². The van der Waals surface area contributed by atoms with E-state index in [1.54, 1.807) is 0 Å². The quantitative estimate of drug-likeness (QED) is 0.892. The van der Waals surface area contributed by atoms with Crippen LogP contribution in [0.3, 0.4) is 0 Å². The zero-order chi connectivity index (χ0) is 16.1. The maximum absolute atomic E-state index is 4.75. The third-order valence-electron chi connectivity index (χ3n) is 4.56. The maximum Gasteiger partial charge on any atom is 0.229 e. The number of hydrogen-bond acceptors (Lipinski definition) is 4. The molecule has 1 fully saturated rings. The number of benzene rings is 1. The Hall–Kier alpha value is -2.10. The van der Waals surface area contributed by atoms with Gasteiger partial charge in [-0.15, -0.1) is 0 Å². The average molecular weight is 310 g/mol. The lowest BCUT2D eigenvalue weighted by Crippen LogP contribution is -2.30. The summed E-state index contributed by atoms with van der Waals surface area (Å²) in [6.07, 6.45) is 7.71. The van der Waals surface area contributed by atoms with Crippen LogP contribution in [0.2, 0.25) is 0 Å². The number of anilines is 3. The fraction of sp³-hybridized carbons (Fsp3) is 0.474. The molecule has 0 spiro atoms. The number of aromatic nitrogens is 2. The third-order valence-corrected chi connectivity index (χ3v) is 4.56. The van der Waals surface area contributed by atoms with Gasteiger partial charge in [0.25, 0.3) is 0 Å². The fourth-order valence-corrected chi connectivity index (χ4v) is 3.22. The monoisotopic (exact) mass is 310 g/mol. The Kier molecular flexibility index (Phi) is 5.11. The Labute approximate surface area is 139 Å². The van der Waals surface area contributed by atoms with E-state index in [-0.39, 0.29) is 0 Å². The molecule has 2 heterocycles. The highest BCUT2D eigenvalue weighted by molar-refractivity contribution is 5.64. The van der Waals surface area contributed by atoms with E-state index < -0.39 is 0 Å². The van der Waals surface area contributed by atoms with Gasteiger partial charge >= 0.3 is 0 Å². The lowest BCUT2D eigenvalue weighted by atomic mass is 10.0. The highest BCUT2D eigenvalue weighted by Crippen LogP contribution is 2.26. The summed E-state index contributed by atoms with van der Waals surface area (Å²) in [6.45, 7) is 6.57. The van der Waals surface area contributed by atoms with Crippen molar-refractivity contribution in [2.24, 2.45) is 0 Å². The molecule has 0 bridgehead atoms. The summed E-state index contributed by atoms with van der Waals surface area (Å²) < 4.78 is 0. The van der Waals surface area contributed by atoms with Crippen LogP contribution in [0.5, 0.6) is 0 Å². The van der Waals surface area contributed by atoms with Crippen LogP contribution in [0, 0.1) is 0 Å². The predicted octanol–water partition coefficient (Wildman–Crippen LogP) is 4.34. The van der Waals surface area contributed by atoms with Crippen LogP contribution in [0.25, 0.3) is 0 Å². The van der Waals surface area contributed by atoms with Crippen molar-refractivity contribution in [3.63, 3.8) is 0 Å². The van der Waals surface area contributed by atoms with Crippen LogP contribution in [0.1, 0.15) is 44.2 Å². The van der Waals surface area contributed by atoms with E-state index in [0.717, 1.165) is 31.7 Å². The molecule has 0 radical (unpaired) electrons. The molecule has 23 heavy (non-hydrogen) atoms. The summed E-state index contributed by atoms with van der Waals surface area (Å²) in [4.78, 5) is 11.5. The number of nitrogens with zero attached hydrogens (tertiary/aromatic N) is 3. The Bertz CT molecular complexity index is 625. The summed E-state index contributed by atoms with van der Waals surface area (Å²) in [7, 11) is 0. The first-order valence-electron chi connectivity index (χ1n) is 8.77. The minimum Gasteiger partial charge on any atom is -0.356 e. The van der Waals surface area contributed by atoms with Crippen LogP contribution < -0.4 is 10.2 Å². The normalized spacial score (nSPS) is 14.8. The highest BCUT2D eigenvalue weighted by Gasteiger charge is 2.14. The topological polar surface area (TPSA) is 41.1 Å². The van der Waals surface area contributed by atoms with Crippen LogP contribution in [0.15, 0.2) is 30.5 Å². The number of aryl methyl sites for hydroxylation is 2. The summed E-state index contributed by atoms with van der Waals surface area (Å²) in [5, 5.41) is 3.47. The van der Waals surface area contributed by atoms with Crippen molar-refractivity contribution in [2.45, 2.75) is 46.0 Å². The van der Waals surface area contributed by atoms with E-state index in [4.69, 9.17) is 4.98 Å². The van der Waals surface area contributed by atoms with Crippen molar-refractivity contribution in [1.82, 2.24) is 9.97 Å². The van der Waals surface area contributed by atoms with Crippen molar-refractivity contribution < 1.29 is 0 Å². The molecule has 0 aliphatic carbocycles. The fourth-order valence-electron chi connectivity index (χ4n) is 3.22. The molecule has 1 aromatic carbocycles. The second-order valence-corrected chi connectivity index (χ2v) is 6.07. The molecule has 122 valence electrons. The van der Waals surface area contributed by atoms with Gasteiger partial charge in [0.15, 0.2) is 0 Å². The first-order valence-corrected chi connectivity index (χ1v) is 8.77. The molecule has 4 heteroatoms. The van der Waals surface area contributed by atoms with Crippen LogP contribution in [-0.4, -0.2) is 23.1 Å². The van der Waals surface area contributed by atoms with Gasteiger partial charge in [-0.25, -0.2) is 4.98 Å². The average Bonchev–Trinajstić information content (AvgIpc) is 2.63. The van der Waals surface area contributed by atoms with E-state index in [1.165, 1.54) is 36.1 Å². The molecule has 0 amide bonds. The Morgan fingerprint density at radius 2 is 1.70 bits per heavy atom. The van der Waals surface area contributed by atoms with Crippen molar-refractivity contribution in [1.29, 1.82) is 0 Å². The molecular formula is C19H26N4. The third kappa shape index (κ3) is 3.63. The molecule has 1 N–H and O–H groups in total. The predicted molar refractivity (Wildman–Crippen MR) is 96.6 cm³/mol. The minimum absolute atomic E-state index is 0.698. The largest absolute Gasteiger partial charge is 0.356 e. The van der Waals surface area contributed by atoms with Crippen molar-refractivity contribution in [3.8, 4) is 0 Å². The summed E-state index contributed by atoms with van der Waals surface area (Å²) >= 11 is 0. The van der Waals surface area contributed by atoms with Gasteiger partial charge in [-0.3, -0.25) is 0 Å². The molecule has 1 aromatic heterocycles. The van der Waals surface area contributed by atoms with E-state index in [2.05, 4.69) is 47.2 Å². The zero-order valence-corrected chi connectivity index (χ0v) is 14.2. The first kappa shape index (κ1) is 15.8. The number of hydrogen-bond donors (Lipinski definition) is 1. The van der Waals surface area contributed by atoms with E-state index in [0.29, 0.717) is 5.95 Å². The molecule has 2 aromatic rings. The summed E-state index contributed by atoms with van der Waals surface area (Å²) in [6, 6.07) is 8.50. The Morgan fingerprint density at radius 1 is 1.00 bits per heavy atom. The van der Waals surface area contributed by atoms with Gasteiger partial charge in [0, 0.05) is 25.0 Å². The molecular weight excluding hydrogens is 284 g/mol. The summed E-state index contributed by atoms with van der Waals surface area (Å²) in [5.74, 6) is 1.73. The van der Waals surface area contributed by atoms with E-state index in [1.807, 2.05) is 12.3 Å². The second kappa shape index (κ2) is 7.44. The lowest BCUT2D eigenvalue weighted by molar-refractivity contribution is 0.573. The highest BCUT2D eigenvalue weighted by atomic mass is 15.2. The SMILES string of the molecule is CCc1cccc(CC)c1Nc1nccc(N2CCCCC2)n1. The molecule has 0 atom stereocenters. The van der Waals surface area contributed by atoms with E-state index >= 15 is 0 Å². The molecule has 4 nitrogen and oxygen atoms in total. The lowest BCUT2D eigenvalue weighted by Gasteiger charge is -2.27. The van der Waals surface area contributed by atoms with Gasteiger partial charge < -0.3 is 10.2 Å². The molecule has 0 unspecified atom stereocenters. The second-order valence-electron chi connectivity index (χ2n) is 6.07. The molecule has 3 rings (SSSR count). The van der Waals surface area contributed by atoms with Crippen LogP contribution in [0.4, 0.5) is 17.5 Å². The van der Waals surface area contributed by atoms with Crippen LogP contribution >= 0.6 is 0 Å². The van der Waals surface area contributed by atoms with Gasteiger partial charge in [0.2, 0.25) is 5.95 Å².